The van der Waals surface area contributed by atoms with E-state index >= 15 is 0 Å². The van der Waals surface area contributed by atoms with Crippen molar-refractivity contribution in [3.05, 3.63) is 35.9 Å². The van der Waals surface area contributed by atoms with Crippen LogP contribution in [-0.4, -0.2) is 28.4 Å². The van der Waals surface area contributed by atoms with Gasteiger partial charge in [0, 0.05) is 13.1 Å². The molecule has 0 saturated carbocycles. The van der Waals surface area contributed by atoms with Crippen molar-refractivity contribution in [2.75, 3.05) is 6.54 Å². The lowest BCUT2D eigenvalue weighted by atomic mass is 10.2. The van der Waals surface area contributed by atoms with Gasteiger partial charge in [-0.25, -0.2) is 0 Å². The number of amidine groups is 1. The highest BCUT2D eigenvalue weighted by Gasteiger charge is 2.13. The van der Waals surface area contributed by atoms with E-state index in [0.717, 1.165) is 5.56 Å². The fourth-order valence-electron chi connectivity index (χ4n) is 1.48. The van der Waals surface area contributed by atoms with Crippen LogP contribution in [0.4, 0.5) is 0 Å². The summed E-state index contributed by atoms with van der Waals surface area (Å²) in [6.45, 7) is 3.02. The Balaban J connectivity index is 2.63. The molecule has 17 heavy (non-hydrogen) atoms. The fraction of sp³-hybridized carbons (Fsp3) is 0.333. The Morgan fingerprint density at radius 1 is 1.41 bits per heavy atom. The van der Waals surface area contributed by atoms with E-state index in [0.29, 0.717) is 13.1 Å². The van der Waals surface area contributed by atoms with Gasteiger partial charge >= 0.3 is 0 Å². The van der Waals surface area contributed by atoms with Gasteiger partial charge in [-0.15, -0.1) is 0 Å². The van der Waals surface area contributed by atoms with Gasteiger partial charge < -0.3 is 15.8 Å². The second-order valence-corrected chi connectivity index (χ2v) is 3.66. The number of nitrogens with two attached hydrogens (primary N) is 1. The molecule has 0 aliphatic rings. The van der Waals surface area contributed by atoms with E-state index in [2.05, 4.69) is 5.16 Å². The molecule has 5 heteroatoms. The summed E-state index contributed by atoms with van der Waals surface area (Å²) in [5, 5.41) is 11.2. The molecule has 1 rings (SSSR count). The molecule has 0 spiro atoms. The number of carbonyl (C=O) groups is 1. The molecule has 0 saturated heterocycles. The summed E-state index contributed by atoms with van der Waals surface area (Å²) in [5.74, 6) is -0.215. The van der Waals surface area contributed by atoms with Gasteiger partial charge in [-0.3, -0.25) is 4.79 Å². The third-order valence-corrected chi connectivity index (χ3v) is 2.41. The van der Waals surface area contributed by atoms with Crippen molar-refractivity contribution in [2.45, 2.75) is 19.9 Å². The first-order valence-electron chi connectivity index (χ1n) is 5.45. The number of benzene rings is 1. The van der Waals surface area contributed by atoms with Crippen LogP contribution in [0.5, 0.6) is 0 Å². The summed E-state index contributed by atoms with van der Waals surface area (Å²) >= 11 is 0. The van der Waals surface area contributed by atoms with Crippen molar-refractivity contribution in [1.82, 2.24) is 4.90 Å². The monoisotopic (exact) mass is 235 g/mol. The summed E-state index contributed by atoms with van der Waals surface area (Å²) < 4.78 is 0. The van der Waals surface area contributed by atoms with E-state index in [-0.39, 0.29) is 18.2 Å². The normalized spacial score (nSPS) is 11.2. The fourth-order valence-corrected chi connectivity index (χ4v) is 1.48. The SMILES string of the molecule is CCN(Cc1ccccc1)C(=O)C/C(N)=N/O. The highest BCUT2D eigenvalue weighted by molar-refractivity contribution is 5.98. The highest BCUT2D eigenvalue weighted by atomic mass is 16.4. The highest BCUT2D eigenvalue weighted by Crippen LogP contribution is 2.05. The zero-order valence-corrected chi connectivity index (χ0v) is 9.84. The van der Waals surface area contributed by atoms with Crippen molar-refractivity contribution in [1.29, 1.82) is 0 Å². The molecule has 5 nitrogen and oxygen atoms in total. The molecule has 1 aromatic carbocycles. The van der Waals surface area contributed by atoms with Gasteiger partial charge in [0.15, 0.2) is 0 Å². The van der Waals surface area contributed by atoms with Gasteiger partial charge in [0.1, 0.15) is 5.84 Å². The summed E-state index contributed by atoms with van der Waals surface area (Å²) in [5.41, 5.74) is 6.37. The molecule has 0 heterocycles. The first-order valence-corrected chi connectivity index (χ1v) is 5.45. The van der Waals surface area contributed by atoms with Crippen LogP contribution in [0, 0.1) is 0 Å². The Morgan fingerprint density at radius 2 is 2.06 bits per heavy atom. The minimum atomic E-state index is -0.147. The van der Waals surface area contributed by atoms with E-state index in [9.17, 15) is 4.79 Å². The molecule has 92 valence electrons. The number of nitrogens with zero attached hydrogens (tertiary/aromatic N) is 2. The van der Waals surface area contributed by atoms with Gasteiger partial charge in [-0.05, 0) is 12.5 Å². The van der Waals surface area contributed by atoms with Gasteiger partial charge in [-0.1, -0.05) is 35.5 Å². The molecule has 1 amide bonds. The standard InChI is InChI=1S/C12H17N3O2/c1-2-15(12(16)8-11(13)14-17)9-10-6-4-3-5-7-10/h3-7,17H,2,8-9H2,1H3,(H2,13,14). The summed E-state index contributed by atoms with van der Waals surface area (Å²) in [6, 6.07) is 9.70. The molecule has 0 atom stereocenters. The van der Waals surface area contributed by atoms with Crippen LogP contribution >= 0.6 is 0 Å². The second-order valence-electron chi connectivity index (χ2n) is 3.66. The van der Waals surface area contributed by atoms with Crippen molar-refractivity contribution in [3.63, 3.8) is 0 Å². The molecular formula is C12H17N3O2. The first kappa shape index (κ1) is 13.0. The van der Waals surface area contributed by atoms with Crippen LogP contribution in [0.15, 0.2) is 35.5 Å². The van der Waals surface area contributed by atoms with Crippen LogP contribution in [-0.2, 0) is 11.3 Å². The van der Waals surface area contributed by atoms with Crippen molar-refractivity contribution in [2.24, 2.45) is 10.9 Å². The lowest BCUT2D eigenvalue weighted by molar-refractivity contribution is -0.130. The quantitative estimate of drug-likeness (QED) is 0.348. The van der Waals surface area contributed by atoms with Crippen molar-refractivity contribution < 1.29 is 10.0 Å². The van der Waals surface area contributed by atoms with Gasteiger partial charge in [0.25, 0.3) is 0 Å². The second kappa shape index (κ2) is 6.52. The molecular weight excluding hydrogens is 218 g/mol. The number of carbonyl (C=O) groups excluding carboxylic acids is 1. The Hall–Kier alpha value is -2.04. The summed E-state index contributed by atoms with van der Waals surface area (Å²) in [7, 11) is 0. The Labute approximate surface area is 101 Å². The number of hydrogen-bond acceptors (Lipinski definition) is 3. The molecule has 0 radical (unpaired) electrons. The minimum Gasteiger partial charge on any atom is -0.409 e. The molecule has 0 aliphatic heterocycles. The van der Waals surface area contributed by atoms with Crippen LogP contribution in [0.1, 0.15) is 18.9 Å². The molecule has 0 aromatic heterocycles. The average molecular weight is 235 g/mol. The summed E-state index contributed by atoms with van der Waals surface area (Å²) in [6.07, 6.45) is -0.0584. The maximum atomic E-state index is 11.8. The number of rotatable bonds is 5. The van der Waals surface area contributed by atoms with E-state index in [1.54, 1.807) is 4.90 Å². The first-order chi connectivity index (χ1) is 8.17. The molecule has 1 aromatic rings. The topological polar surface area (TPSA) is 78.9 Å². The predicted molar refractivity (Wildman–Crippen MR) is 65.6 cm³/mol. The van der Waals surface area contributed by atoms with Gasteiger partial charge in [-0.2, -0.15) is 0 Å². The maximum absolute atomic E-state index is 11.8. The average Bonchev–Trinajstić information content (AvgIpc) is 2.36. The third kappa shape index (κ3) is 4.14. The Kier molecular flexibility index (Phi) is 5.00. The summed E-state index contributed by atoms with van der Waals surface area (Å²) in [4.78, 5) is 13.5. The number of oxime groups is 1. The van der Waals surface area contributed by atoms with E-state index in [4.69, 9.17) is 10.9 Å². The van der Waals surface area contributed by atoms with Crippen LogP contribution < -0.4 is 5.73 Å². The molecule has 3 N–H and O–H groups in total. The molecule has 0 bridgehead atoms. The number of amides is 1. The smallest absolute Gasteiger partial charge is 0.230 e. The van der Waals surface area contributed by atoms with Crippen molar-refractivity contribution in [3.8, 4) is 0 Å². The van der Waals surface area contributed by atoms with Crippen LogP contribution in [0.25, 0.3) is 0 Å². The molecule has 0 fully saturated rings. The largest absolute Gasteiger partial charge is 0.409 e. The zero-order chi connectivity index (χ0) is 12.7. The van der Waals surface area contributed by atoms with Crippen LogP contribution in [0.2, 0.25) is 0 Å². The lowest BCUT2D eigenvalue weighted by Crippen LogP contribution is -2.33. The predicted octanol–water partition coefficient (Wildman–Crippen LogP) is 1.17. The Bertz CT molecular complexity index is 390. The zero-order valence-electron chi connectivity index (χ0n) is 9.84. The van der Waals surface area contributed by atoms with E-state index < -0.39 is 0 Å². The van der Waals surface area contributed by atoms with Gasteiger partial charge in [0.05, 0.1) is 6.42 Å². The van der Waals surface area contributed by atoms with Crippen molar-refractivity contribution >= 4 is 11.7 Å². The minimum absolute atomic E-state index is 0.0584. The molecule has 0 aliphatic carbocycles. The molecule has 0 unspecified atom stereocenters. The van der Waals surface area contributed by atoms with E-state index in [1.165, 1.54) is 0 Å². The Morgan fingerprint density at radius 3 is 2.59 bits per heavy atom. The van der Waals surface area contributed by atoms with Gasteiger partial charge in [0.2, 0.25) is 5.91 Å². The lowest BCUT2D eigenvalue weighted by Gasteiger charge is -2.20. The van der Waals surface area contributed by atoms with E-state index in [1.807, 2.05) is 37.3 Å². The number of hydrogen-bond donors (Lipinski definition) is 2. The maximum Gasteiger partial charge on any atom is 0.230 e. The van der Waals surface area contributed by atoms with Crippen LogP contribution in [0.3, 0.4) is 0 Å². The third-order valence-electron chi connectivity index (χ3n) is 2.41.